The Hall–Kier alpha value is -8.83. The van der Waals surface area contributed by atoms with Gasteiger partial charge in [0.25, 0.3) is 40.5 Å². The first-order valence-corrected chi connectivity index (χ1v) is 30.4. The fourth-order valence-corrected chi connectivity index (χ4v) is 9.41. The zero-order valence-corrected chi connectivity index (χ0v) is 48.3. The molecule has 8 N–H and O–H groups in total. The van der Waals surface area contributed by atoms with Gasteiger partial charge in [0.05, 0.1) is 68.4 Å². The molecule has 0 aliphatic rings. The van der Waals surface area contributed by atoms with E-state index in [0.29, 0.717) is 68.3 Å². The number of rotatable bonds is 24. The fourth-order valence-electron chi connectivity index (χ4n) is 7.44. The lowest BCUT2D eigenvalue weighted by atomic mass is 10.1. The summed E-state index contributed by atoms with van der Waals surface area (Å²) in [6.07, 6.45) is -0.260. The van der Waals surface area contributed by atoms with Crippen molar-refractivity contribution in [1.29, 1.82) is 0 Å². The zero-order valence-electron chi connectivity index (χ0n) is 45.0. The van der Waals surface area contributed by atoms with Crippen LogP contribution in [0.3, 0.4) is 0 Å². The van der Waals surface area contributed by atoms with Crippen LogP contribution in [0.4, 0.5) is 61.7 Å². The minimum absolute atomic E-state index is 0.0321. The molecule has 0 aromatic heterocycles. The van der Waals surface area contributed by atoms with Crippen LogP contribution in [0.2, 0.25) is 0 Å². The number of nitrogens with one attached hydrogen (secondary N) is 2. The van der Waals surface area contributed by atoms with Crippen molar-refractivity contribution < 1.29 is 86.0 Å². The number of ether oxygens (including phenoxy) is 2. The van der Waals surface area contributed by atoms with E-state index in [1.807, 2.05) is 0 Å². The number of amides is 2. The largest absolute Gasteiger partial charge is 0.491 e. The smallest absolute Gasteiger partial charge is 0.338 e. The Morgan fingerprint density at radius 1 is 0.405 bits per heavy atom. The molecule has 0 spiro atoms. The summed E-state index contributed by atoms with van der Waals surface area (Å²) in [6.45, 7) is 9.65. The highest BCUT2D eigenvalue weighted by atomic mass is 32.2. The first-order chi connectivity index (χ1) is 39.1. The molecule has 444 valence electrons. The molecule has 6 aromatic rings. The topological polar surface area (TPSA) is 451 Å². The molecular formula is C51H52N10O19S4. The van der Waals surface area contributed by atoms with Gasteiger partial charge in [-0.15, -0.1) is 20.5 Å². The molecular weight excluding hydrogens is 1180 g/mol. The van der Waals surface area contributed by atoms with Gasteiger partial charge in [0.1, 0.15) is 34.2 Å². The van der Waals surface area contributed by atoms with Crippen molar-refractivity contribution in [3.8, 4) is 11.5 Å². The average Bonchev–Trinajstić information content (AvgIpc) is 3.57. The summed E-state index contributed by atoms with van der Waals surface area (Å²) in [5.41, 5.74) is 3.57. The highest BCUT2D eigenvalue weighted by molar-refractivity contribution is 7.86. The summed E-state index contributed by atoms with van der Waals surface area (Å²) in [4.78, 5) is 36.0. The summed E-state index contributed by atoms with van der Waals surface area (Å²) in [7, 11) is -18.1. The van der Waals surface area contributed by atoms with Gasteiger partial charge in [-0.05, 0) is 161 Å². The van der Waals surface area contributed by atoms with Gasteiger partial charge in [-0.1, -0.05) is 0 Å². The lowest BCUT2D eigenvalue weighted by molar-refractivity contribution is 0.0686. The second-order valence-corrected chi connectivity index (χ2v) is 24.4. The standard InChI is InChI=1S/C51H52N10O19S4/c1-27-19-41(56-60-45-21-31(5)43(25-47(45)79-13-7-15-81(67,68)69)58-54-37-11-9-33(83(73,74)75)23-35(37)49(62)63)29(3)17-39(27)52-51(66)53-40-18-30(4)42(20-28(40)2)57-61-46-22-32(6)44(26-48(46)80-14-8-16-82(70,71)72)59-55-38-12-10-34(84(76,77)78)24-36(38)50(64)65/h9-12,17-26H,7-8,13-16H2,1-6H3,(H,62,63)(H,64,65)(H2,52,53,66)(H,67,68,69)(H,70,71,72)(H,73,74,75)(H,76,77,78). The molecule has 0 fully saturated rings. The van der Waals surface area contributed by atoms with E-state index in [0.717, 1.165) is 24.3 Å². The third-order valence-corrected chi connectivity index (χ3v) is 15.1. The van der Waals surface area contributed by atoms with Crippen LogP contribution >= 0.6 is 0 Å². The van der Waals surface area contributed by atoms with Gasteiger partial charge in [-0.25, -0.2) is 14.4 Å². The number of anilines is 2. The Morgan fingerprint density at radius 3 is 1.02 bits per heavy atom. The van der Waals surface area contributed by atoms with E-state index in [2.05, 4.69) is 51.5 Å². The normalized spacial score (nSPS) is 12.4. The van der Waals surface area contributed by atoms with Crippen LogP contribution in [0.25, 0.3) is 0 Å². The van der Waals surface area contributed by atoms with Crippen LogP contribution < -0.4 is 20.1 Å². The van der Waals surface area contributed by atoms with E-state index in [1.54, 1.807) is 65.8 Å². The molecule has 0 radical (unpaired) electrons. The molecule has 0 heterocycles. The van der Waals surface area contributed by atoms with Crippen molar-refractivity contribution in [2.24, 2.45) is 40.9 Å². The number of nitrogens with zero attached hydrogens (tertiary/aromatic N) is 8. The molecule has 0 atom stereocenters. The molecule has 0 aliphatic carbocycles. The number of azo groups is 4. The van der Waals surface area contributed by atoms with Gasteiger partial charge >= 0.3 is 18.0 Å². The molecule has 6 rings (SSSR count). The number of aryl methyl sites for hydroxylation is 6. The number of carboxylic acids is 2. The predicted octanol–water partition coefficient (Wildman–Crippen LogP) is 12.0. The molecule has 6 aromatic carbocycles. The van der Waals surface area contributed by atoms with Gasteiger partial charge in [0.2, 0.25) is 0 Å². The number of aromatic carboxylic acids is 2. The first kappa shape index (κ1) is 64.3. The Balaban J connectivity index is 1.20. The summed E-state index contributed by atoms with van der Waals surface area (Å²) in [5, 5.41) is 58.8. The van der Waals surface area contributed by atoms with Crippen molar-refractivity contribution >= 4 is 115 Å². The van der Waals surface area contributed by atoms with Crippen molar-refractivity contribution in [2.75, 3.05) is 35.4 Å². The fraction of sp³-hybridized carbons (Fsp3) is 0.235. The number of carbonyl (C=O) groups is 3. The van der Waals surface area contributed by atoms with Gasteiger partial charge in [-0.3, -0.25) is 18.2 Å². The first-order valence-electron chi connectivity index (χ1n) is 24.3. The number of hydrogen-bond donors (Lipinski definition) is 8. The van der Waals surface area contributed by atoms with Crippen LogP contribution in [-0.4, -0.2) is 105 Å². The lowest BCUT2D eigenvalue weighted by Gasteiger charge is -2.14. The summed E-state index contributed by atoms with van der Waals surface area (Å²) in [6, 6.07) is 17.2. The minimum atomic E-state index is -4.74. The number of urea groups is 1. The van der Waals surface area contributed by atoms with Gasteiger partial charge in [-0.2, -0.15) is 54.1 Å². The third kappa shape index (κ3) is 18.1. The average molecular weight is 1240 g/mol. The molecule has 29 nitrogen and oxygen atoms in total. The number of hydrogen-bond acceptors (Lipinski definition) is 21. The van der Waals surface area contributed by atoms with Crippen LogP contribution in [0.5, 0.6) is 11.5 Å². The van der Waals surface area contributed by atoms with E-state index in [4.69, 9.17) is 9.47 Å². The number of carbonyl (C=O) groups excluding carboxylic acids is 1. The SMILES string of the molecule is Cc1cc(NC(=O)Nc2cc(C)c(N=Nc3cc(C)c(N=Nc4ccc(S(=O)(=O)O)cc4C(=O)O)cc3OCCCS(=O)(=O)O)cc2C)c(C)cc1N=Nc1cc(C)c(N=Nc2ccc(S(=O)(=O)O)cc2C(=O)O)cc1OCCCS(=O)(=O)O. The number of benzene rings is 6. The predicted molar refractivity (Wildman–Crippen MR) is 303 cm³/mol. The molecule has 0 bridgehead atoms. The maximum atomic E-state index is 13.5. The lowest BCUT2D eigenvalue weighted by Crippen LogP contribution is -2.20. The minimum Gasteiger partial charge on any atom is -0.491 e. The maximum absolute atomic E-state index is 13.5. The van der Waals surface area contributed by atoms with Crippen molar-refractivity contribution in [3.05, 3.63) is 129 Å². The quantitative estimate of drug-likeness (QED) is 0.0158. The second-order valence-electron chi connectivity index (χ2n) is 18.4. The van der Waals surface area contributed by atoms with E-state index in [9.17, 15) is 76.5 Å². The Labute approximate surface area is 480 Å². The maximum Gasteiger partial charge on any atom is 0.338 e. The Bertz CT molecular complexity index is 3950. The monoisotopic (exact) mass is 1240 g/mol. The van der Waals surface area contributed by atoms with Gasteiger partial charge in [0, 0.05) is 23.5 Å². The second kappa shape index (κ2) is 26.6. The highest BCUT2D eigenvalue weighted by Gasteiger charge is 2.21. The summed E-state index contributed by atoms with van der Waals surface area (Å²) < 4.78 is 141. The van der Waals surface area contributed by atoms with Gasteiger partial charge < -0.3 is 30.3 Å². The zero-order chi connectivity index (χ0) is 62.1. The summed E-state index contributed by atoms with van der Waals surface area (Å²) >= 11 is 0. The third-order valence-electron chi connectivity index (χ3n) is 11.8. The van der Waals surface area contributed by atoms with E-state index in [1.165, 1.54) is 24.3 Å². The van der Waals surface area contributed by atoms with Crippen LogP contribution in [0.1, 0.15) is 66.9 Å². The van der Waals surface area contributed by atoms with E-state index >= 15 is 0 Å². The van der Waals surface area contributed by atoms with Crippen LogP contribution in [-0.2, 0) is 40.5 Å². The molecule has 2 amide bonds. The van der Waals surface area contributed by atoms with Crippen LogP contribution in [0.15, 0.2) is 136 Å². The van der Waals surface area contributed by atoms with Gasteiger partial charge in [0.15, 0.2) is 0 Å². The van der Waals surface area contributed by atoms with Crippen molar-refractivity contribution in [3.63, 3.8) is 0 Å². The molecule has 84 heavy (non-hydrogen) atoms. The number of carboxylic acid groups (broad SMARTS) is 2. The molecule has 0 aliphatic heterocycles. The summed E-state index contributed by atoms with van der Waals surface area (Å²) in [5.74, 6) is -4.28. The Kier molecular flexibility index (Phi) is 20.4. The molecule has 0 unspecified atom stereocenters. The molecule has 0 saturated carbocycles. The van der Waals surface area contributed by atoms with E-state index < -0.39 is 90.9 Å². The Morgan fingerprint density at radius 2 is 0.702 bits per heavy atom. The van der Waals surface area contributed by atoms with E-state index in [-0.39, 0.29) is 71.7 Å². The van der Waals surface area contributed by atoms with Crippen LogP contribution in [0, 0.1) is 41.5 Å². The van der Waals surface area contributed by atoms with Crippen molar-refractivity contribution in [2.45, 2.75) is 64.2 Å². The van der Waals surface area contributed by atoms with Crippen molar-refractivity contribution in [1.82, 2.24) is 0 Å². The molecule has 0 saturated heterocycles. The highest BCUT2D eigenvalue weighted by Crippen LogP contribution is 2.40. The molecule has 33 heteroatoms.